The Balaban J connectivity index is 2.72. The number of benzene rings is 1. The second kappa shape index (κ2) is 7.31. The number of nitrogens with one attached hydrogen (secondary N) is 2. The molecule has 2 amide bonds. The fourth-order valence-corrected chi connectivity index (χ4v) is 1.78. The van der Waals surface area contributed by atoms with Crippen LogP contribution in [0.1, 0.15) is 24.9 Å². The van der Waals surface area contributed by atoms with Gasteiger partial charge in [0.05, 0.1) is 12.5 Å². The lowest BCUT2D eigenvalue weighted by Crippen LogP contribution is -2.37. The van der Waals surface area contributed by atoms with Crippen LogP contribution in [0, 0.1) is 0 Å². The van der Waals surface area contributed by atoms with E-state index < -0.39 is 30.6 Å². The molecule has 0 saturated heterocycles. The molecule has 1 atom stereocenters. The fourth-order valence-electron chi connectivity index (χ4n) is 1.65. The summed E-state index contributed by atoms with van der Waals surface area (Å²) in [5.41, 5.74) is 0.580. The number of amides is 2. The van der Waals surface area contributed by atoms with Crippen LogP contribution < -0.4 is 10.6 Å². The van der Waals surface area contributed by atoms with Crippen molar-refractivity contribution in [2.45, 2.75) is 25.6 Å². The van der Waals surface area contributed by atoms with Crippen molar-refractivity contribution in [3.8, 4) is 0 Å². The molecule has 0 saturated carbocycles. The second-order valence-corrected chi connectivity index (χ2v) is 4.84. The maximum absolute atomic E-state index is 12.0. The van der Waals surface area contributed by atoms with Gasteiger partial charge in [0.15, 0.2) is 0 Å². The highest BCUT2D eigenvalue weighted by Gasteiger charge is 2.28. The molecule has 0 aliphatic heterocycles. The van der Waals surface area contributed by atoms with Gasteiger partial charge < -0.3 is 10.6 Å². The van der Waals surface area contributed by atoms with Crippen LogP contribution >= 0.6 is 11.6 Å². The molecule has 0 heterocycles. The largest absolute Gasteiger partial charge is 0.405 e. The van der Waals surface area contributed by atoms with Gasteiger partial charge in [0, 0.05) is 11.9 Å². The third-order valence-electron chi connectivity index (χ3n) is 2.53. The van der Waals surface area contributed by atoms with Crippen LogP contribution in [0.5, 0.6) is 0 Å². The molecule has 0 aliphatic carbocycles. The molecule has 8 heteroatoms. The quantitative estimate of drug-likeness (QED) is 0.875. The van der Waals surface area contributed by atoms with Gasteiger partial charge in [0.1, 0.15) is 6.54 Å². The van der Waals surface area contributed by atoms with Gasteiger partial charge in [-0.05, 0) is 17.7 Å². The van der Waals surface area contributed by atoms with Gasteiger partial charge in [-0.1, -0.05) is 23.7 Å². The molecule has 0 bridgehead atoms. The first-order valence-corrected chi connectivity index (χ1v) is 6.41. The van der Waals surface area contributed by atoms with Gasteiger partial charge in [-0.2, -0.15) is 13.2 Å². The molecule has 0 aromatic heterocycles. The third kappa shape index (κ3) is 6.99. The van der Waals surface area contributed by atoms with E-state index in [2.05, 4.69) is 5.32 Å². The molecule has 116 valence electrons. The highest BCUT2D eigenvalue weighted by molar-refractivity contribution is 6.30. The summed E-state index contributed by atoms with van der Waals surface area (Å²) in [7, 11) is 0. The third-order valence-corrected chi connectivity index (χ3v) is 2.78. The Morgan fingerprint density at radius 3 is 2.29 bits per heavy atom. The summed E-state index contributed by atoms with van der Waals surface area (Å²) in [6.07, 6.45) is -4.77. The van der Waals surface area contributed by atoms with E-state index in [1.54, 1.807) is 29.6 Å². The Hall–Kier alpha value is -1.76. The molecule has 1 aromatic carbocycles. The Morgan fingerprint density at radius 2 is 1.81 bits per heavy atom. The predicted octanol–water partition coefficient (Wildman–Crippen LogP) is 2.59. The average Bonchev–Trinajstić information content (AvgIpc) is 2.35. The Morgan fingerprint density at radius 1 is 1.24 bits per heavy atom. The van der Waals surface area contributed by atoms with Crippen molar-refractivity contribution in [1.82, 2.24) is 10.6 Å². The van der Waals surface area contributed by atoms with E-state index >= 15 is 0 Å². The minimum Gasteiger partial charge on any atom is -0.349 e. The fraction of sp³-hybridized carbons (Fsp3) is 0.385. The van der Waals surface area contributed by atoms with E-state index in [-0.39, 0.29) is 6.42 Å². The molecule has 1 rings (SSSR count). The first-order valence-electron chi connectivity index (χ1n) is 6.03. The van der Waals surface area contributed by atoms with Crippen LogP contribution in [-0.2, 0) is 9.59 Å². The summed E-state index contributed by atoms with van der Waals surface area (Å²) in [4.78, 5) is 22.7. The molecule has 4 nitrogen and oxygen atoms in total. The highest BCUT2D eigenvalue weighted by Crippen LogP contribution is 2.20. The van der Waals surface area contributed by atoms with E-state index in [9.17, 15) is 22.8 Å². The van der Waals surface area contributed by atoms with Crippen molar-refractivity contribution in [3.05, 3.63) is 34.9 Å². The van der Waals surface area contributed by atoms with Crippen molar-refractivity contribution >= 4 is 23.4 Å². The van der Waals surface area contributed by atoms with Crippen LogP contribution in [0.15, 0.2) is 24.3 Å². The Labute approximate surface area is 124 Å². The van der Waals surface area contributed by atoms with Gasteiger partial charge in [0.25, 0.3) is 0 Å². The van der Waals surface area contributed by atoms with Crippen molar-refractivity contribution in [2.24, 2.45) is 0 Å². The molecule has 21 heavy (non-hydrogen) atoms. The molecule has 0 aliphatic rings. The number of halogens is 4. The molecule has 0 radical (unpaired) electrons. The van der Waals surface area contributed by atoms with Crippen LogP contribution in [0.3, 0.4) is 0 Å². The van der Waals surface area contributed by atoms with Crippen molar-refractivity contribution in [2.75, 3.05) is 6.54 Å². The van der Waals surface area contributed by atoms with Gasteiger partial charge in [0.2, 0.25) is 11.8 Å². The average molecular weight is 323 g/mol. The Kier molecular flexibility index (Phi) is 6.02. The maximum Gasteiger partial charge on any atom is 0.405 e. The van der Waals surface area contributed by atoms with Crippen LogP contribution in [0.25, 0.3) is 0 Å². The zero-order valence-corrected chi connectivity index (χ0v) is 11.9. The van der Waals surface area contributed by atoms with E-state index in [1.807, 2.05) is 0 Å². The summed E-state index contributed by atoms with van der Waals surface area (Å²) < 4.78 is 36.1. The van der Waals surface area contributed by atoms with Gasteiger partial charge in [-0.25, -0.2) is 0 Å². The summed E-state index contributed by atoms with van der Waals surface area (Å²) in [5.74, 6) is -1.19. The number of alkyl halides is 3. The van der Waals surface area contributed by atoms with Gasteiger partial charge in [-0.3, -0.25) is 9.59 Å². The predicted molar refractivity (Wildman–Crippen MR) is 71.7 cm³/mol. The number of carbonyl (C=O) groups is 2. The second-order valence-electron chi connectivity index (χ2n) is 4.40. The number of hydrogen-bond donors (Lipinski definition) is 2. The first-order chi connectivity index (χ1) is 9.67. The van der Waals surface area contributed by atoms with Gasteiger partial charge >= 0.3 is 6.18 Å². The minimum absolute atomic E-state index is 0.294. The molecule has 1 aromatic rings. The highest BCUT2D eigenvalue weighted by atomic mass is 35.5. The smallest absolute Gasteiger partial charge is 0.349 e. The molecule has 0 fully saturated rings. The van der Waals surface area contributed by atoms with E-state index in [0.717, 1.165) is 0 Å². The summed E-state index contributed by atoms with van der Waals surface area (Å²) in [6.45, 7) is -0.143. The van der Waals surface area contributed by atoms with Crippen LogP contribution in [-0.4, -0.2) is 24.5 Å². The summed E-state index contributed by atoms with van der Waals surface area (Å²) >= 11 is 5.74. The lowest BCUT2D eigenvalue weighted by atomic mass is 10.0. The van der Waals surface area contributed by atoms with Crippen LogP contribution in [0.4, 0.5) is 13.2 Å². The minimum atomic E-state index is -4.47. The maximum atomic E-state index is 12.0. The normalized spacial score (nSPS) is 12.6. The van der Waals surface area contributed by atoms with Crippen molar-refractivity contribution in [3.63, 3.8) is 0 Å². The van der Waals surface area contributed by atoms with Crippen molar-refractivity contribution < 1.29 is 22.8 Å². The molecular formula is C13H14ClF3N2O2. The van der Waals surface area contributed by atoms with Crippen LogP contribution in [0.2, 0.25) is 5.02 Å². The van der Waals surface area contributed by atoms with E-state index in [0.29, 0.717) is 10.6 Å². The zero-order valence-electron chi connectivity index (χ0n) is 11.1. The molecule has 0 spiro atoms. The molecule has 1 unspecified atom stereocenters. The number of hydrogen-bond acceptors (Lipinski definition) is 2. The SMILES string of the molecule is CC(=O)NC(CC(=O)NCC(F)(F)F)c1ccc(Cl)cc1. The zero-order chi connectivity index (χ0) is 16.0. The summed E-state index contributed by atoms with van der Waals surface area (Å²) in [6, 6.07) is 5.62. The molecular weight excluding hydrogens is 309 g/mol. The molecule has 2 N–H and O–H groups in total. The summed E-state index contributed by atoms with van der Waals surface area (Å²) in [5, 5.41) is 4.76. The topological polar surface area (TPSA) is 58.2 Å². The lowest BCUT2D eigenvalue weighted by Gasteiger charge is -2.18. The van der Waals surface area contributed by atoms with Crippen molar-refractivity contribution in [1.29, 1.82) is 0 Å². The first kappa shape index (κ1) is 17.3. The Bertz CT molecular complexity index is 503. The van der Waals surface area contributed by atoms with Gasteiger partial charge in [-0.15, -0.1) is 0 Å². The van der Waals surface area contributed by atoms with E-state index in [1.165, 1.54) is 6.92 Å². The number of rotatable bonds is 5. The number of carbonyl (C=O) groups excluding carboxylic acids is 2. The lowest BCUT2D eigenvalue weighted by molar-refractivity contribution is -0.138. The monoisotopic (exact) mass is 322 g/mol. The van der Waals surface area contributed by atoms with E-state index in [4.69, 9.17) is 11.6 Å². The standard InChI is InChI=1S/C13H14ClF3N2O2/c1-8(20)19-11(9-2-4-10(14)5-3-9)6-12(21)18-7-13(15,16)17/h2-5,11H,6-7H2,1H3,(H,18,21)(H,19,20).